The number of carbonyl (C=O) groups is 2. The van der Waals surface area contributed by atoms with E-state index in [0.717, 1.165) is 17.2 Å². The molecule has 1 saturated heterocycles. The number of amides is 2. The first-order valence-corrected chi connectivity index (χ1v) is 7.54. The molecule has 0 saturated carbocycles. The second-order valence-electron chi connectivity index (χ2n) is 6.69. The van der Waals surface area contributed by atoms with Crippen molar-refractivity contribution in [2.24, 2.45) is 0 Å². The Bertz CT molecular complexity index is 621. The van der Waals surface area contributed by atoms with Gasteiger partial charge in [0.15, 0.2) is 0 Å². The fourth-order valence-electron chi connectivity index (χ4n) is 2.48. The number of nitrogens with zero attached hydrogens (tertiary/aromatic N) is 2. The second-order valence-corrected chi connectivity index (χ2v) is 6.69. The molecule has 0 aliphatic carbocycles. The highest BCUT2D eigenvalue weighted by atomic mass is 19.4. The second kappa shape index (κ2) is 6.41. The number of alkyl halides is 3. The summed E-state index contributed by atoms with van der Waals surface area (Å²) in [6.07, 6.45) is -3.20. The van der Waals surface area contributed by atoms with E-state index in [4.69, 9.17) is 4.74 Å². The predicted molar refractivity (Wildman–Crippen MR) is 79.0 cm³/mol. The lowest BCUT2D eigenvalue weighted by molar-refractivity contribution is -0.141. The summed E-state index contributed by atoms with van der Waals surface area (Å²) in [4.78, 5) is 28.6. The van der Waals surface area contributed by atoms with Crippen molar-refractivity contribution in [2.45, 2.75) is 57.9 Å². The highest BCUT2D eigenvalue weighted by Gasteiger charge is 2.38. The average molecular weight is 344 g/mol. The number of imide groups is 1. The van der Waals surface area contributed by atoms with Gasteiger partial charge in [0.25, 0.3) is 0 Å². The lowest BCUT2D eigenvalue weighted by Crippen LogP contribution is -2.43. The Balaban J connectivity index is 2.10. The normalized spacial score (nSPS) is 18.8. The van der Waals surface area contributed by atoms with Crippen LogP contribution in [0.25, 0.3) is 0 Å². The molecule has 0 unspecified atom stereocenters. The first-order valence-electron chi connectivity index (χ1n) is 7.54. The molecule has 24 heavy (non-hydrogen) atoms. The summed E-state index contributed by atoms with van der Waals surface area (Å²) in [6, 6.07) is 1.77. The summed E-state index contributed by atoms with van der Waals surface area (Å²) >= 11 is 0. The van der Waals surface area contributed by atoms with Gasteiger partial charge in [0, 0.05) is 18.7 Å². The zero-order valence-corrected chi connectivity index (χ0v) is 13.7. The summed E-state index contributed by atoms with van der Waals surface area (Å²) in [5.41, 5.74) is -1.19. The minimum absolute atomic E-state index is 0.206. The van der Waals surface area contributed by atoms with Gasteiger partial charge in [0.1, 0.15) is 11.3 Å². The maximum atomic E-state index is 12.5. The molecule has 0 radical (unpaired) electrons. The van der Waals surface area contributed by atoms with E-state index in [2.05, 4.69) is 4.98 Å². The minimum atomic E-state index is -4.50. The van der Waals surface area contributed by atoms with E-state index in [-0.39, 0.29) is 18.7 Å². The molecule has 2 heterocycles. The number of hydrogen-bond donors (Lipinski definition) is 0. The van der Waals surface area contributed by atoms with Crippen LogP contribution in [0.1, 0.15) is 44.9 Å². The van der Waals surface area contributed by atoms with Crippen molar-refractivity contribution >= 4 is 12.0 Å². The van der Waals surface area contributed by atoms with Crippen LogP contribution in [0.4, 0.5) is 18.0 Å². The van der Waals surface area contributed by atoms with Gasteiger partial charge in [-0.2, -0.15) is 13.2 Å². The quantitative estimate of drug-likeness (QED) is 0.823. The van der Waals surface area contributed by atoms with E-state index < -0.39 is 29.6 Å². The van der Waals surface area contributed by atoms with Crippen molar-refractivity contribution in [3.05, 3.63) is 29.6 Å². The van der Waals surface area contributed by atoms with Crippen LogP contribution < -0.4 is 0 Å². The van der Waals surface area contributed by atoms with E-state index in [1.165, 1.54) is 6.07 Å². The Kier molecular flexibility index (Phi) is 4.87. The number of ether oxygens (including phenoxy) is 1. The first kappa shape index (κ1) is 18.2. The molecule has 2 amide bonds. The van der Waals surface area contributed by atoms with Gasteiger partial charge in [-0.05, 0) is 45.2 Å². The average Bonchev–Trinajstić information content (AvgIpc) is 2.77. The van der Waals surface area contributed by atoms with Crippen molar-refractivity contribution in [2.75, 3.05) is 0 Å². The summed E-state index contributed by atoms with van der Waals surface area (Å²) < 4.78 is 42.8. The van der Waals surface area contributed by atoms with Gasteiger partial charge < -0.3 is 4.74 Å². The number of likely N-dealkylation sites (tertiary alicyclic amines) is 1. The van der Waals surface area contributed by atoms with Crippen LogP contribution in [0, 0.1) is 0 Å². The molecule has 5 nitrogen and oxygen atoms in total. The van der Waals surface area contributed by atoms with Crippen LogP contribution in [0.15, 0.2) is 18.3 Å². The van der Waals surface area contributed by atoms with Crippen molar-refractivity contribution in [1.82, 2.24) is 9.88 Å². The molecule has 1 aliphatic rings. The molecule has 8 heteroatoms. The lowest BCUT2D eigenvalue weighted by Gasteiger charge is -2.27. The molecule has 132 valence electrons. The molecule has 1 aliphatic heterocycles. The van der Waals surface area contributed by atoms with Crippen LogP contribution >= 0.6 is 0 Å². The Morgan fingerprint density at radius 2 is 2.00 bits per heavy atom. The molecule has 0 bridgehead atoms. The van der Waals surface area contributed by atoms with E-state index in [0.29, 0.717) is 12.0 Å². The highest BCUT2D eigenvalue weighted by Crippen LogP contribution is 2.28. The molecule has 1 fully saturated rings. The van der Waals surface area contributed by atoms with Crippen molar-refractivity contribution in [3.8, 4) is 0 Å². The van der Waals surface area contributed by atoms with E-state index >= 15 is 0 Å². The minimum Gasteiger partial charge on any atom is -0.443 e. The molecular weight excluding hydrogens is 325 g/mol. The van der Waals surface area contributed by atoms with Crippen LogP contribution in [-0.4, -0.2) is 33.5 Å². The fraction of sp³-hybridized carbons (Fsp3) is 0.562. The third kappa shape index (κ3) is 4.46. The Labute approximate surface area is 137 Å². The molecule has 1 aromatic heterocycles. The molecule has 1 aromatic rings. The van der Waals surface area contributed by atoms with Gasteiger partial charge in [-0.25, -0.2) is 9.69 Å². The smallest absolute Gasteiger partial charge is 0.433 e. The maximum absolute atomic E-state index is 12.5. The highest BCUT2D eigenvalue weighted by molar-refractivity contribution is 5.94. The third-order valence-corrected chi connectivity index (χ3v) is 3.50. The summed E-state index contributed by atoms with van der Waals surface area (Å²) in [7, 11) is 0. The monoisotopic (exact) mass is 344 g/mol. The standard InChI is InChI=1S/C16H19F3N2O3/c1-15(2,3)24-14(23)21-11(5-7-13(21)22)8-10-4-6-12(20-9-10)16(17,18)19/h4,6,9,11H,5,7-8H2,1-3H3/t11-/m0/s1. The summed E-state index contributed by atoms with van der Waals surface area (Å²) in [5.74, 6) is -0.339. The van der Waals surface area contributed by atoms with Crippen LogP contribution in [0.5, 0.6) is 0 Å². The van der Waals surface area contributed by atoms with E-state index in [1.807, 2.05) is 0 Å². The topological polar surface area (TPSA) is 59.5 Å². The molecular formula is C16H19F3N2O3. The van der Waals surface area contributed by atoms with Gasteiger partial charge in [0.2, 0.25) is 5.91 Å². The number of hydrogen-bond acceptors (Lipinski definition) is 4. The maximum Gasteiger partial charge on any atom is 0.433 e. The molecule has 0 N–H and O–H groups in total. The third-order valence-electron chi connectivity index (χ3n) is 3.50. The Morgan fingerprint density at radius 1 is 1.33 bits per heavy atom. The SMILES string of the molecule is CC(C)(C)OC(=O)N1C(=O)CC[C@H]1Cc1ccc(C(F)(F)F)nc1. The number of rotatable bonds is 2. The van der Waals surface area contributed by atoms with Gasteiger partial charge >= 0.3 is 12.3 Å². The number of carbonyl (C=O) groups excluding carboxylic acids is 2. The summed E-state index contributed by atoms with van der Waals surface area (Å²) in [6.45, 7) is 5.08. The molecule has 0 aromatic carbocycles. The van der Waals surface area contributed by atoms with Crippen molar-refractivity contribution < 1.29 is 27.5 Å². The van der Waals surface area contributed by atoms with Gasteiger partial charge in [-0.15, -0.1) is 0 Å². The van der Waals surface area contributed by atoms with Gasteiger partial charge in [0.05, 0.1) is 0 Å². The predicted octanol–water partition coefficient (Wildman–Crippen LogP) is 3.57. The molecule has 0 spiro atoms. The van der Waals surface area contributed by atoms with Crippen molar-refractivity contribution in [3.63, 3.8) is 0 Å². The van der Waals surface area contributed by atoms with Crippen LogP contribution in [0.3, 0.4) is 0 Å². The first-order chi connectivity index (χ1) is 11.0. The summed E-state index contributed by atoms with van der Waals surface area (Å²) in [5, 5.41) is 0. The largest absolute Gasteiger partial charge is 0.443 e. The van der Waals surface area contributed by atoms with Crippen LogP contribution in [-0.2, 0) is 22.1 Å². The molecule has 2 rings (SSSR count). The number of halogens is 3. The fourth-order valence-corrected chi connectivity index (χ4v) is 2.48. The lowest BCUT2D eigenvalue weighted by atomic mass is 10.1. The number of aromatic nitrogens is 1. The van der Waals surface area contributed by atoms with E-state index in [1.54, 1.807) is 20.8 Å². The van der Waals surface area contributed by atoms with Gasteiger partial charge in [-0.1, -0.05) is 6.07 Å². The van der Waals surface area contributed by atoms with E-state index in [9.17, 15) is 22.8 Å². The zero-order valence-electron chi connectivity index (χ0n) is 13.7. The van der Waals surface area contributed by atoms with Gasteiger partial charge in [-0.3, -0.25) is 9.78 Å². The van der Waals surface area contributed by atoms with Crippen LogP contribution in [0.2, 0.25) is 0 Å². The van der Waals surface area contributed by atoms with Crippen molar-refractivity contribution in [1.29, 1.82) is 0 Å². The number of pyridine rings is 1. The Hall–Kier alpha value is -2.12. The zero-order chi connectivity index (χ0) is 18.1. The molecule has 1 atom stereocenters. The Morgan fingerprint density at radius 3 is 2.50 bits per heavy atom.